The van der Waals surface area contributed by atoms with Gasteiger partial charge in [-0.05, 0) is 50.2 Å². The van der Waals surface area contributed by atoms with Crippen LogP contribution in [0, 0.1) is 5.92 Å². The second kappa shape index (κ2) is 9.40. The number of hydrogen-bond acceptors (Lipinski definition) is 3. The summed E-state index contributed by atoms with van der Waals surface area (Å²) in [7, 11) is 0. The molecule has 29 heavy (non-hydrogen) atoms. The molecule has 2 fully saturated rings. The predicted octanol–water partition coefficient (Wildman–Crippen LogP) is 3.94. The minimum Gasteiger partial charge on any atom is -0.353 e. The van der Waals surface area contributed by atoms with Gasteiger partial charge in [0.15, 0.2) is 0 Å². The molecule has 0 atom stereocenters. The molecule has 2 amide bonds. The molecule has 0 aromatic heterocycles. The molecule has 1 aliphatic carbocycles. The molecule has 0 unspecified atom stereocenters. The van der Waals surface area contributed by atoms with Crippen LogP contribution < -0.4 is 10.6 Å². The molecule has 2 aromatic carbocycles. The Kier molecular flexibility index (Phi) is 6.45. The van der Waals surface area contributed by atoms with E-state index >= 15 is 0 Å². The first kappa shape index (κ1) is 19.9. The number of rotatable bonds is 5. The van der Waals surface area contributed by atoms with Crippen molar-refractivity contribution in [1.82, 2.24) is 10.2 Å². The van der Waals surface area contributed by atoms with Crippen molar-refractivity contribution >= 4 is 28.3 Å². The summed E-state index contributed by atoms with van der Waals surface area (Å²) in [5.74, 6) is 0.317. The van der Waals surface area contributed by atoms with Crippen molar-refractivity contribution in [3.63, 3.8) is 0 Å². The summed E-state index contributed by atoms with van der Waals surface area (Å²) in [6.45, 7) is 1.97. The zero-order chi connectivity index (χ0) is 20.1. The van der Waals surface area contributed by atoms with Gasteiger partial charge in [0, 0.05) is 23.0 Å². The smallest absolute Gasteiger partial charge is 0.238 e. The van der Waals surface area contributed by atoms with E-state index < -0.39 is 0 Å². The van der Waals surface area contributed by atoms with Gasteiger partial charge in [-0.15, -0.1) is 0 Å². The van der Waals surface area contributed by atoms with E-state index in [9.17, 15) is 9.59 Å². The standard InChI is InChI=1S/C24H31N3O2/c28-23(26-22-12-6-8-18-7-4-5-11-21(18)22)17-27-15-13-19(14-16-27)24(29)25-20-9-2-1-3-10-20/h4-8,11-12,19-20H,1-3,9-10,13-17H2,(H,25,29)(H,26,28). The zero-order valence-corrected chi connectivity index (χ0v) is 17.0. The highest BCUT2D eigenvalue weighted by atomic mass is 16.2. The fraction of sp³-hybridized carbons (Fsp3) is 0.500. The molecule has 154 valence electrons. The number of nitrogens with one attached hydrogen (secondary N) is 2. The number of fused-ring (bicyclic) bond motifs is 1. The van der Waals surface area contributed by atoms with E-state index in [1.54, 1.807) is 0 Å². The van der Waals surface area contributed by atoms with Crippen LogP contribution in [0.15, 0.2) is 42.5 Å². The SMILES string of the molecule is O=C(CN1CCC(C(=O)NC2CCCCC2)CC1)Nc1cccc2ccccc12. The molecule has 1 saturated heterocycles. The van der Waals surface area contributed by atoms with Gasteiger partial charge >= 0.3 is 0 Å². The van der Waals surface area contributed by atoms with Gasteiger partial charge in [0.05, 0.1) is 6.54 Å². The normalized spacial score (nSPS) is 19.2. The lowest BCUT2D eigenvalue weighted by Gasteiger charge is -2.32. The van der Waals surface area contributed by atoms with E-state index in [0.29, 0.717) is 12.6 Å². The maximum atomic E-state index is 12.6. The Morgan fingerprint density at radius 1 is 0.897 bits per heavy atom. The van der Waals surface area contributed by atoms with Crippen molar-refractivity contribution in [2.24, 2.45) is 5.92 Å². The van der Waals surface area contributed by atoms with E-state index in [1.165, 1.54) is 19.3 Å². The quantitative estimate of drug-likeness (QED) is 0.809. The minimum absolute atomic E-state index is 0.00598. The lowest BCUT2D eigenvalue weighted by Crippen LogP contribution is -2.45. The summed E-state index contributed by atoms with van der Waals surface area (Å²) < 4.78 is 0. The molecule has 4 rings (SSSR count). The fourth-order valence-corrected chi connectivity index (χ4v) is 4.65. The second-order valence-corrected chi connectivity index (χ2v) is 8.47. The van der Waals surface area contributed by atoms with E-state index in [4.69, 9.17) is 0 Å². The van der Waals surface area contributed by atoms with Gasteiger partial charge in [-0.3, -0.25) is 14.5 Å². The van der Waals surface area contributed by atoms with E-state index in [1.807, 2.05) is 42.5 Å². The summed E-state index contributed by atoms with van der Waals surface area (Å²) in [5.41, 5.74) is 0.856. The van der Waals surface area contributed by atoms with Gasteiger partial charge in [-0.1, -0.05) is 55.7 Å². The van der Waals surface area contributed by atoms with E-state index in [2.05, 4.69) is 15.5 Å². The molecule has 1 saturated carbocycles. The Hall–Kier alpha value is -2.40. The molecule has 5 heteroatoms. The average molecular weight is 394 g/mol. The molecule has 2 aliphatic rings. The second-order valence-electron chi connectivity index (χ2n) is 8.47. The van der Waals surface area contributed by atoms with Crippen LogP contribution in [0.1, 0.15) is 44.9 Å². The van der Waals surface area contributed by atoms with E-state index in [-0.39, 0.29) is 17.7 Å². The van der Waals surface area contributed by atoms with Crippen LogP contribution >= 0.6 is 0 Å². The maximum Gasteiger partial charge on any atom is 0.238 e. The molecule has 5 nitrogen and oxygen atoms in total. The van der Waals surface area contributed by atoms with Crippen LogP contribution in [0.25, 0.3) is 10.8 Å². The Bertz CT molecular complexity index is 847. The van der Waals surface area contributed by atoms with Gasteiger partial charge < -0.3 is 10.6 Å². The van der Waals surface area contributed by atoms with Crippen molar-refractivity contribution < 1.29 is 9.59 Å². The molecule has 2 aromatic rings. The number of likely N-dealkylation sites (tertiary alicyclic amines) is 1. The number of benzene rings is 2. The third-order valence-corrected chi connectivity index (χ3v) is 6.34. The van der Waals surface area contributed by atoms with Crippen molar-refractivity contribution in [3.8, 4) is 0 Å². The summed E-state index contributed by atoms with van der Waals surface area (Å²) in [6.07, 6.45) is 7.67. The average Bonchev–Trinajstić information content (AvgIpc) is 2.75. The van der Waals surface area contributed by atoms with Crippen LogP contribution in [-0.4, -0.2) is 42.4 Å². The third-order valence-electron chi connectivity index (χ3n) is 6.34. The topological polar surface area (TPSA) is 61.4 Å². The number of piperidine rings is 1. The largest absolute Gasteiger partial charge is 0.353 e. The number of hydrogen-bond donors (Lipinski definition) is 2. The Labute approximate surface area is 172 Å². The van der Waals surface area contributed by atoms with Crippen LogP contribution in [0.5, 0.6) is 0 Å². The van der Waals surface area contributed by atoms with Crippen molar-refractivity contribution in [2.45, 2.75) is 51.0 Å². The molecule has 1 heterocycles. The predicted molar refractivity (Wildman–Crippen MR) is 117 cm³/mol. The number of carbonyl (C=O) groups excluding carboxylic acids is 2. The molecule has 0 spiro atoms. The third kappa shape index (κ3) is 5.15. The molecular weight excluding hydrogens is 362 g/mol. The number of anilines is 1. The fourth-order valence-electron chi connectivity index (χ4n) is 4.65. The summed E-state index contributed by atoms with van der Waals surface area (Å²) in [5, 5.41) is 8.49. The van der Waals surface area contributed by atoms with Crippen LogP contribution in [0.4, 0.5) is 5.69 Å². The summed E-state index contributed by atoms with van der Waals surface area (Å²) >= 11 is 0. The highest BCUT2D eigenvalue weighted by Gasteiger charge is 2.27. The summed E-state index contributed by atoms with van der Waals surface area (Å²) in [6, 6.07) is 14.4. The Balaban J connectivity index is 1.25. The lowest BCUT2D eigenvalue weighted by molar-refractivity contribution is -0.127. The van der Waals surface area contributed by atoms with Gasteiger partial charge in [0.25, 0.3) is 0 Å². The first-order chi connectivity index (χ1) is 14.2. The number of nitrogens with zero attached hydrogens (tertiary/aromatic N) is 1. The van der Waals surface area contributed by atoms with Crippen LogP contribution in [-0.2, 0) is 9.59 Å². The highest BCUT2D eigenvalue weighted by molar-refractivity contribution is 6.02. The first-order valence-corrected chi connectivity index (χ1v) is 11.0. The Morgan fingerprint density at radius 3 is 2.41 bits per heavy atom. The van der Waals surface area contributed by atoms with Gasteiger partial charge in [-0.2, -0.15) is 0 Å². The molecule has 2 N–H and O–H groups in total. The number of amides is 2. The maximum absolute atomic E-state index is 12.6. The first-order valence-electron chi connectivity index (χ1n) is 11.0. The molecular formula is C24H31N3O2. The Morgan fingerprint density at radius 2 is 1.62 bits per heavy atom. The van der Waals surface area contributed by atoms with Crippen molar-refractivity contribution in [3.05, 3.63) is 42.5 Å². The lowest BCUT2D eigenvalue weighted by atomic mass is 9.92. The zero-order valence-electron chi connectivity index (χ0n) is 17.0. The van der Waals surface area contributed by atoms with Crippen LogP contribution in [0.3, 0.4) is 0 Å². The van der Waals surface area contributed by atoms with Crippen molar-refractivity contribution in [1.29, 1.82) is 0 Å². The highest BCUT2D eigenvalue weighted by Crippen LogP contribution is 2.24. The molecule has 0 bridgehead atoms. The van der Waals surface area contributed by atoms with Gasteiger partial charge in [-0.25, -0.2) is 0 Å². The number of carbonyl (C=O) groups is 2. The monoisotopic (exact) mass is 393 g/mol. The van der Waals surface area contributed by atoms with E-state index in [0.717, 1.165) is 55.2 Å². The minimum atomic E-state index is 0.00598. The van der Waals surface area contributed by atoms with Gasteiger partial charge in [0.1, 0.15) is 0 Å². The summed E-state index contributed by atoms with van der Waals surface area (Å²) in [4.78, 5) is 27.3. The van der Waals surface area contributed by atoms with Gasteiger partial charge in [0.2, 0.25) is 11.8 Å². The van der Waals surface area contributed by atoms with Crippen molar-refractivity contribution in [2.75, 3.05) is 25.0 Å². The molecule has 1 aliphatic heterocycles. The van der Waals surface area contributed by atoms with Crippen LogP contribution in [0.2, 0.25) is 0 Å². The molecule has 0 radical (unpaired) electrons.